The molecule has 2 rings (SSSR count). The molecule has 0 bridgehead atoms. The number of hydrogen-bond acceptors (Lipinski definition) is 4. The van der Waals surface area contributed by atoms with Crippen LogP contribution in [0.4, 0.5) is 0 Å². The lowest BCUT2D eigenvalue weighted by Crippen LogP contribution is -2.26. The Morgan fingerprint density at radius 3 is 2.68 bits per heavy atom. The van der Waals surface area contributed by atoms with Gasteiger partial charge in [-0.3, -0.25) is 0 Å². The predicted octanol–water partition coefficient (Wildman–Crippen LogP) is 0.953. The topological polar surface area (TPSA) is 55.8 Å². The van der Waals surface area contributed by atoms with E-state index in [0.29, 0.717) is 17.2 Å². The molecule has 100 valence electrons. The van der Waals surface area contributed by atoms with Gasteiger partial charge in [-0.25, -0.2) is 4.79 Å². The molecule has 1 aliphatic carbocycles. The van der Waals surface area contributed by atoms with E-state index in [1.807, 2.05) is 25.1 Å². The van der Waals surface area contributed by atoms with Crippen LogP contribution in [0.25, 0.3) is 11.8 Å². The average molecular weight is 260 g/mol. The number of carbonyl (C=O) groups is 1. The third-order valence-electron chi connectivity index (χ3n) is 3.14. The maximum Gasteiger partial charge on any atom is 0.334 e. The number of hydrogen-bond donors (Lipinski definition) is 1. The lowest BCUT2D eigenvalue weighted by atomic mass is 10.1. The molecule has 1 aromatic carbocycles. The van der Waals surface area contributed by atoms with Gasteiger partial charge in [0.1, 0.15) is 11.5 Å². The molecule has 0 aliphatic heterocycles. The minimum absolute atomic E-state index is 0.0647. The van der Waals surface area contributed by atoms with Crippen LogP contribution in [0.15, 0.2) is 23.8 Å². The molecule has 1 aliphatic rings. The van der Waals surface area contributed by atoms with Gasteiger partial charge in [0.25, 0.3) is 0 Å². The molecule has 4 heteroatoms. The van der Waals surface area contributed by atoms with E-state index >= 15 is 0 Å². The van der Waals surface area contributed by atoms with Crippen molar-refractivity contribution >= 4 is 17.8 Å². The first-order valence-corrected chi connectivity index (χ1v) is 5.94. The predicted molar refractivity (Wildman–Crippen MR) is 72.2 cm³/mol. The van der Waals surface area contributed by atoms with Crippen molar-refractivity contribution in [1.29, 1.82) is 0 Å². The van der Waals surface area contributed by atoms with E-state index in [4.69, 9.17) is 4.74 Å². The summed E-state index contributed by atoms with van der Waals surface area (Å²) in [6.07, 6.45) is 3.75. The second-order valence-electron chi connectivity index (χ2n) is 4.36. The number of aliphatic hydroxyl groups is 1. The Kier molecular flexibility index (Phi) is 3.60. The smallest absolute Gasteiger partial charge is 0.334 e. The molecule has 0 fully saturated rings. The first kappa shape index (κ1) is 13.2. The van der Waals surface area contributed by atoms with Crippen LogP contribution in [0.3, 0.4) is 0 Å². The zero-order valence-corrected chi connectivity index (χ0v) is 11.2. The van der Waals surface area contributed by atoms with E-state index < -0.39 is 5.97 Å². The Labute approximate surface area is 111 Å². The van der Waals surface area contributed by atoms with E-state index in [9.17, 15) is 9.90 Å². The van der Waals surface area contributed by atoms with E-state index in [2.05, 4.69) is 4.74 Å². The largest absolute Gasteiger partial charge is 0.507 e. The third kappa shape index (κ3) is 2.47. The van der Waals surface area contributed by atoms with Crippen molar-refractivity contribution in [3.05, 3.63) is 39.8 Å². The van der Waals surface area contributed by atoms with Crippen molar-refractivity contribution in [2.75, 3.05) is 14.2 Å². The Morgan fingerprint density at radius 2 is 2.05 bits per heavy atom. The zero-order valence-electron chi connectivity index (χ0n) is 11.2. The Morgan fingerprint density at radius 1 is 1.32 bits per heavy atom. The fourth-order valence-corrected chi connectivity index (χ4v) is 2.11. The van der Waals surface area contributed by atoms with Gasteiger partial charge in [-0.2, -0.15) is 0 Å². The summed E-state index contributed by atoms with van der Waals surface area (Å²) in [7, 11) is 2.93. The summed E-state index contributed by atoms with van der Waals surface area (Å²) in [6.45, 7) is 1.90. The van der Waals surface area contributed by atoms with Crippen LogP contribution in [0, 0.1) is 6.92 Å². The van der Waals surface area contributed by atoms with Gasteiger partial charge in [-0.1, -0.05) is 6.08 Å². The number of esters is 1. The molecule has 1 aromatic rings. The fourth-order valence-electron chi connectivity index (χ4n) is 2.11. The molecule has 0 atom stereocenters. The number of fused-ring (bicyclic) bond motifs is 1. The highest BCUT2D eigenvalue weighted by Gasteiger charge is 2.12. The number of rotatable bonds is 2. The summed E-state index contributed by atoms with van der Waals surface area (Å²) in [5.74, 6) is 0.388. The van der Waals surface area contributed by atoms with Crippen LogP contribution in [-0.4, -0.2) is 25.3 Å². The molecule has 1 N–H and O–H groups in total. The van der Waals surface area contributed by atoms with Crippen molar-refractivity contribution in [2.45, 2.75) is 13.3 Å². The molecule has 19 heavy (non-hydrogen) atoms. The van der Waals surface area contributed by atoms with Gasteiger partial charge in [0.2, 0.25) is 0 Å². The van der Waals surface area contributed by atoms with Gasteiger partial charge in [0, 0.05) is 10.8 Å². The first-order valence-electron chi connectivity index (χ1n) is 5.94. The summed E-state index contributed by atoms with van der Waals surface area (Å²) in [4.78, 5) is 11.5. The normalized spacial score (nSPS) is 13.8. The molecule has 0 unspecified atom stereocenters. The second kappa shape index (κ2) is 5.18. The van der Waals surface area contributed by atoms with E-state index in [0.717, 1.165) is 16.5 Å². The van der Waals surface area contributed by atoms with E-state index in [1.165, 1.54) is 13.2 Å². The molecule has 0 saturated carbocycles. The summed E-state index contributed by atoms with van der Waals surface area (Å²) in [6, 6.07) is 3.70. The van der Waals surface area contributed by atoms with Gasteiger partial charge < -0.3 is 14.6 Å². The van der Waals surface area contributed by atoms with Gasteiger partial charge >= 0.3 is 5.97 Å². The molecule has 0 amide bonds. The van der Waals surface area contributed by atoms with Gasteiger partial charge in [-0.05, 0) is 42.3 Å². The molecule has 4 nitrogen and oxygen atoms in total. The SMILES string of the molecule is COC(=O)C1=CC(O)=c2cc(C)c(OC)cc2=CC1. The lowest BCUT2D eigenvalue weighted by Gasteiger charge is -2.04. The van der Waals surface area contributed by atoms with Crippen molar-refractivity contribution in [2.24, 2.45) is 0 Å². The van der Waals surface area contributed by atoms with E-state index in [-0.39, 0.29) is 5.76 Å². The monoisotopic (exact) mass is 260 g/mol. The van der Waals surface area contributed by atoms with Crippen molar-refractivity contribution in [1.82, 2.24) is 0 Å². The molecular formula is C15H16O4. The fraction of sp³-hybridized carbons (Fsp3) is 0.267. The number of ether oxygens (including phenoxy) is 2. The Hall–Kier alpha value is -2.23. The number of methoxy groups -OCH3 is 2. The molecule has 0 radical (unpaired) electrons. The van der Waals surface area contributed by atoms with E-state index in [1.54, 1.807) is 7.11 Å². The van der Waals surface area contributed by atoms with Crippen LogP contribution in [0.1, 0.15) is 12.0 Å². The summed E-state index contributed by atoms with van der Waals surface area (Å²) in [5, 5.41) is 11.7. The third-order valence-corrected chi connectivity index (χ3v) is 3.14. The first-order chi connectivity index (χ1) is 9.06. The zero-order chi connectivity index (χ0) is 14.0. The number of aliphatic hydroxyl groups excluding tert-OH is 1. The quantitative estimate of drug-likeness (QED) is 0.805. The Bertz CT molecular complexity index is 668. The number of benzene rings is 1. The highest BCUT2D eigenvalue weighted by Crippen LogP contribution is 2.14. The van der Waals surface area contributed by atoms with Crippen molar-refractivity contribution < 1.29 is 19.4 Å². The number of carbonyl (C=O) groups excluding carboxylic acids is 1. The molecule has 0 spiro atoms. The highest BCUT2D eigenvalue weighted by molar-refractivity contribution is 5.91. The maximum absolute atomic E-state index is 11.5. The standard InChI is InChI=1S/C15H16O4/c1-9-6-12-10(8-14(9)18-2)4-5-11(7-13(12)16)15(17)19-3/h4,6-8,16H,5H2,1-3H3. The molecule has 0 aromatic heterocycles. The van der Waals surface area contributed by atoms with Gasteiger partial charge in [-0.15, -0.1) is 0 Å². The van der Waals surface area contributed by atoms with Crippen LogP contribution < -0.4 is 15.2 Å². The average Bonchev–Trinajstić information content (AvgIpc) is 2.57. The lowest BCUT2D eigenvalue weighted by molar-refractivity contribution is -0.136. The van der Waals surface area contributed by atoms with Crippen LogP contribution in [0.2, 0.25) is 0 Å². The number of aryl methyl sites for hydroxylation is 1. The summed E-state index contributed by atoms with van der Waals surface area (Å²) in [5.41, 5.74) is 1.35. The van der Waals surface area contributed by atoms with Crippen LogP contribution in [-0.2, 0) is 9.53 Å². The van der Waals surface area contributed by atoms with Crippen molar-refractivity contribution in [3.63, 3.8) is 0 Å². The summed E-state index contributed by atoms with van der Waals surface area (Å²) >= 11 is 0. The Balaban J connectivity index is 2.65. The molecular weight excluding hydrogens is 244 g/mol. The van der Waals surface area contributed by atoms with Gasteiger partial charge in [0.05, 0.1) is 14.2 Å². The minimum Gasteiger partial charge on any atom is -0.507 e. The molecule has 0 saturated heterocycles. The van der Waals surface area contributed by atoms with Gasteiger partial charge in [0.15, 0.2) is 0 Å². The van der Waals surface area contributed by atoms with Crippen LogP contribution in [0.5, 0.6) is 5.75 Å². The second-order valence-corrected chi connectivity index (χ2v) is 4.36. The van der Waals surface area contributed by atoms with Crippen molar-refractivity contribution in [3.8, 4) is 5.75 Å². The highest BCUT2D eigenvalue weighted by atomic mass is 16.5. The van der Waals surface area contributed by atoms with Crippen LogP contribution >= 0.6 is 0 Å². The maximum atomic E-state index is 11.5. The minimum atomic E-state index is -0.431. The summed E-state index contributed by atoms with van der Waals surface area (Å²) < 4.78 is 9.95. The molecule has 0 heterocycles.